The number of aldehydes is 1. The maximum atomic E-state index is 10.7. The molecule has 0 unspecified atom stereocenters. The number of anilines is 1. The van der Waals surface area contributed by atoms with Gasteiger partial charge in [0.05, 0.1) is 12.2 Å². The molecule has 0 aromatic heterocycles. The fourth-order valence-corrected chi connectivity index (χ4v) is 1.18. The number of nitrogens with zero attached hydrogens (tertiary/aromatic N) is 1. The second-order valence-corrected chi connectivity index (χ2v) is 3.17. The van der Waals surface area contributed by atoms with E-state index in [9.17, 15) is 4.79 Å². The third kappa shape index (κ3) is 2.25. The molecule has 1 aromatic rings. The minimum absolute atomic E-state index is 0.567. The third-order valence-corrected chi connectivity index (χ3v) is 1.94. The highest BCUT2D eigenvalue weighted by Gasteiger charge is 2.04. The van der Waals surface area contributed by atoms with Gasteiger partial charge in [-0.3, -0.25) is 4.79 Å². The van der Waals surface area contributed by atoms with Crippen LogP contribution in [-0.2, 0) is 0 Å². The molecule has 3 heteroatoms. The molecule has 0 bridgehead atoms. The first-order valence-electron chi connectivity index (χ1n) is 4.58. The number of ether oxygens (including phenoxy) is 1. The SMILES string of the molecule is CCOc1cc(N(C)C)ccc1C=O. The maximum Gasteiger partial charge on any atom is 0.153 e. The summed E-state index contributed by atoms with van der Waals surface area (Å²) in [6, 6.07) is 5.53. The summed E-state index contributed by atoms with van der Waals surface area (Å²) in [6.45, 7) is 2.47. The van der Waals surface area contributed by atoms with E-state index in [-0.39, 0.29) is 0 Å². The van der Waals surface area contributed by atoms with Gasteiger partial charge < -0.3 is 9.64 Å². The van der Waals surface area contributed by atoms with E-state index in [0.29, 0.717) is 17.9 Å². The Hall–Kier alpha value is -1.51. The molecule has 0 aliphatic heterocycles. The summed E-state index contributed by atoms with van der Waals surface area (Å²) in [4.78, 5) is 12.7. The molecule has 0 atom stereocenters. The van der Waals surface area contributed by atoms with Gasteiger partial charge in [-0.1, -0.05) is 0 Å². The van der Waals surface area contributed by atoms with Crippen molar-refractivity contribution in [1.29, 1.82) is 0 Å². The fraction of sp³-hybridized carbons (Fsp3) is 0.364. The van der Waals surface area contributed by atoms with Gasteiger partial charge in [0.1, 0.15) is 5.75 Å². The molecule has 0 N–H and O–H groups in total. The van der Waals surface area contributed by atoms with Gasteiger partial charge in [0.25, 0.3) is 0 Å². The summed E-state index contributed by atoms with van der Waals surface area (Å²) in [5, 5.41) is 0. The Morgan fingerprint density at radius 3 is 2.64 bits per heavy atom. The van der Waals surface area contributed by atoms with E-state index in [2.05, 4.69) is 0 Å². The van der Waals surface area contributed by atoms with Crippen molar-refractivity contribution in [2.75, 3.05) is 25.6 Å². The first-order chi connectivity index (χ1) is 6.69. The molecular formula is C11H15NO2. The van der Waals surface area contributed by atoms with Crippen molar-refractivity contribution < 1.29 is 9.53 Å². The van der Waals surface area contributed by atoms with E-state index in [1.165, 1.54) is 0 Å². The van der Waals surface area contributed by atoms with Crippen molar-refractivity contribution in [2.45, 2.75) is 6.92 Å². The molecule has 14 heavy (non-hydrogen) atoms. The van der Waals surface area contributed by atoms with E-state index < -0.39 is 0 Å². The second kappa shape index (κ2) is 4.65. The molecule has 0 aliphatic rings. The lowest BCUT2D eigenvalue weighted by atomic mass is 10.2. The van der Waals surface area contributed by atoms with Crippen LogP contribution in [0.2, 0.25) is 0 Å². The van der Waals surface area contributed by atoms with Crippen LogP contribution in [-0.4, -0.2) is 27.0 Å². The summed E-state index contributed by atoms with van der Waals surface area (Å²) >= 11 is 0. The predicted octanol–water partition coefficient (Wildman–Crippen LogP) is 1.96. The van der Waals surface area contributed by atoms with E-state index in [1.54, 1.807) is 6.07 Å². The van der Waals surface area contributed by atoms with Crippen LogP contribution in [0.15, 0.2) is 18.2 Å². The Balaban J connectivity index is 3.06. The van der Waals surface area contributed by atoms with Crippen LogP contribution < -0.4 is 9.64 Å². The normalized spacial score (nSPS) is 9.64. The van der Waals surface area contributed by atoms with Crippen LogP contribution in [0.1, 0.15) is 17.3 Å². The second-order valence-electron chi connectivity index (χ2n) is 3.17. The molecule has 1 aromatic carbocycles. The first-order valence-corrected chi connectivity index (χ1v) is 4.58. The lowest BCUT2D eigenvalue weighted by molar-refractivity contribution is 0.112. The van der Waals surface area contributed by atoms with Crippen molar-refractivity contribution in [3.63, 3.8) is 0 Å². The summed E-state index contributed by atoms with van der Waals surface area (Å²) < 4.78 is 5.36. The molecule has 0 saturated carbocycles. The molecule has 3 nitrogen and oxygen atoms in total. The first kappa shape index (κ1) is 10.6. The van der Waals surface area contributed by atoms with Crippen molar-refractivity contribution in [1.82, 2.24) is 0 Å². The van der Waals surface area contributed by atoms with Crippen LogP contribution >= 0.6 is 0 Å². The number of benzene rings is 1. The van der Waals surface area contributed by atoms with Crippen molar-refractivity contribution in [2.24, 2.45) is 0 Å². The topological polar surface area (TPSA) is 29.5 Å². The van der Waals surface area contributed by atoms with Gasteiger partial charge in [0.15, 0.2) is 6.29 Å². The monoisotopic (exact) mass is 193 g/mol. The lowest BCUT2D eigenvalue weighted by Gasteiger charge is -2.14. The fourth-order valence-electron chi connectivity index (χ4n) is 1.18. The van der Waals surface area contributed by atoms with E-state index >= 15 is 0 Å². The Morgan fingerprint density at radius 2 is 2.14 bits per heavy atom. The molecule has 1 rings (SSSR count). The van der Waals surface area contributed by atoms with Gasteiger partial charge in [-0.05, 0) is 19.1 Å². The Kier molecular flexibility index (Phi) is 3.51. The zero-order valence-electron chi connectivity index (χ0n) is 8.78. The standard InChI is InChI=1S/C11H15NO2/c1-4-14-11-7-10(12(2)3)6-5-9(11)8-13/h5-8H,4H2,1-3H3. The van der Waals surface area contributed by atoms with Gasteiger partial charge in [-0.2, -0.15) is 0 Å². The molecule has 0 aliphatic carbocycles. The molecule has 76 valence electrons. The molecule has 0 saturated heterocycles. The minimum Gasteiger partial charge on any atom is -0.493 e. The smallest absolute Gasteiger partial charge is 0.153 e. The molecular weight excluding hydrogens is 178 g/mol. The summed E-state index contributed by atoms with van der Waals surface area (Å²) in [5.41, 5.74) is 1.62. The minimum atomic E-state index is 0.567. The lowest BCUT2D eigenvalue weighted by Crippen LogP contribution is -2.09. The zero-order valence-corrected chi connectivity index (χ0v) is 8.78. The Bertz CT molecular complexity index is 321. The number of carbonyl (C=O) groups is 1. The highest BCUT2D eigenvalue weighted by Crippen LogP contribution is 2.23. The molecule has 0 amide bonds. The average Bonchev–Trinajstić information content (AvgIpc) is 2.18. The summed E-state index contributed by atoms with van der Waals surface area (Å²) in [5.74, 6) is 0.647. The average molecular weight is 193 g/mol. The van der Waals surface area contributed by atoms with Crippen LogP contribution in [0.3, 0.4) is 0 Å². The maximum absolute atomic E-state index is 10.7. The Labute approximate surface area is 84.3 Å². The van der Waals surface area contributed by atoms with Crippen molar-refractivity contribution >= 4 is 12.0 Å². The summed E-state index contributed by atoms with van der Waals surface area (Å²) in [7, 11) is 3.90. The highest BCUT2D eigenvalue weighted by atomic mass is 16.5. The predicted molar refractivity (Wildman–Crippen MR) is 57.3 cm³/mol. The van der Waals surface area contributed by atoms with E-state index in [1.807, 2.05) is 38.1 Å². The molecule has 0 spiro atoms. The van der Waals surface area contributed by atoms with E-state index in [4.69, 9.17) is 4.74 Å². The van der Waals surface area contributed by atoms with Crippen molar-refractivity contribution in [3.8, 4) is 5.75 Å². The Morgan fingerprint density at radius 1 is 1.43 bits per heavy atom. The molecule has 0 fully saturated rings. The number of carbonyl (C=O) groups excluding carboxylic acids is 1. The van der Waals surface area contributed by atoms with Gasteiger partial charge in [-0.15, -0.1) is 0 Å². The van der Waals surface area contributed by atoms with Gasteiger partial charge >= 0.3 is 0 Å². The van der Waals surface area contributed by atoms with Crippen LogP contribution in [0.4, 0.5) is 5.69 Å². The van der Waals surface area contributed by atoms with Gasteiger partial charge in [0.2, 0.25) is 0 Å². The quantitative estimate of drug-likeness (QED) is 0.685. The van der Waals surface area contributed by atoms with E-state index in [0.717, 1.165) is 12.0 Å². The van der Waals surface area contributed by atoms with Crippen LogP contribution in [0.25, 0.3) is 0 Å². The third-order valence-electron chi connectivity index (χ3n) is 1.94. The zero-order chi connectivity index (χ0) is 10.6. The molecule has 0 heterocycles. The largest absolute Gasteiger partial charge is 0.493 e. The number of rotatable bonds is 4. The van der Waals surface area contributed by atoms with Gasteiger partial charge in [0, 0.05) is 25.8 Å². The van der Waals surface area contributed by atoms with Crippen molar-refractivity contribution in [3.05, 3.63) is 23.8 Å². The van der Waals surface area contributed by atoms with Crippen LogP contribution in [0.5, 0.6) is 5.75 Å². The number of hydrogen-bond acceptors (Lipinski definition) is 3. The van der Waals surface area contributed by atoms with Crippen LogP contribution in [0, 0.1) is 0 Å². The van der Waals surface area contributed by atoms with Gasteiger partial charge in [-0.25, -0.2) is 0 Å². The highest BCUT2D eigenvalue weighted by molar-refractivity contribution is 5.80. The number of hydrogen-bond donors (Lipinski definition) is 0. The summed E-state index contributed by atoms with van der Waals surface area (Å²) in [6.07, 6.45) is 0.810. The molecule has 0 radical (unpaired) electrons.